The summed E-state index contributed by atoms with van der Waals surface area (Å²) in [5.74, 6) is 0.352. The van der Waals surface area contributed by atoms with E-state index in [2.05, 4.69) is 90.3 Å². The fraction of sp³-hybridized carbons (Fsp3) is 0.393. The smallest absolute Gasteiger partial charge is 0.106 e. The lowest BCUT2D eigenvalue weighted by atomic mass is 9.60. The predicted molar refractivity (Wildman–Crippen MR) is 124 cm³/mol. The molecule has 0 spiro atoms. The van der Waals surface area contributed by atoms with Gasteiger partial charge in [-0.15, -0.1) is 0 Å². The van der Waals surface area contributed by atoms with Crippen LogP contribution in [0.25, 0.3) is 0 Å². The molecular weight excluding hydrogens is 364 g/mol. The minimum Gasteiger partial charge on any atom is -0.314 e. The number of nitrogens with one attached hydrogen (secondary N) is 1. The maximum Gasteiger partial charge on any atom is 0.106 e. The van der Waals surface area contributed by atoms with Gasteiger partial charge in [0.25, 0.3) is 0 Å². The van der Waals surface area contributed by atoms with Crippen LogP contribution in [-0.4, -0.2) is 12.6 Å². The van der Waals surface area contributed by atoms with E-state index in [0.717, 1.165) is 38.6 Å². The van der Waals surface area contributed by atoms with Gasteiger partial charge in [-0.2, -0.15) is 5.26 Å². The van der Waals surface area contributed by atoms with E-state index < -0.39 is 5.41 Å². The van der Waals surface area contributed by atoms with Gasteiger partial charge in [0.1, 0.15) is 5.41 Å². The van der Waals surface area contributed by atoms with Gasteiger partial charge in [0.15, 0.2) is 0 Å². The van der Waals surface area contributed by atoms with Gasteiger partial charge in [0.2, 0.25) is 0 Å². The Bertz CT molecular complexity index is 907. The van der Waals surface area contributed by atoms with Gasteiger partial charge in [0.05, 0.1) is 6.07 Å². The largest absolute Gasteiger partial charge is 0.314 e. The van der Waals surface area contributed by atoms with E-state index in [-0.39, 0.29) is 0 Å². The summed E-state index contributed by atoms with van der Waals surface area (Å²) in [5.41, 5.74) is 3.34. The molecule has 4 rings (SSSR count). The number of nitrogens with zero attached hydrogens (tertiary/aromatic N) is 1. The molecule has 0 bridgehead atoms. The summed E-state index contributed by atoms with van der Waals surface area (Å²) in [5, 5.41) is 14.4. The molecule has 1 fully saturated rings. The third-order valence-electron chi connectivity index (χ3n) is 6.90. The second kappa shape index (κ2) is 9.92. The Balaban J connectivity index is 1.53. The third-order valence-corrected chi connectivity index (χ3v) is 6.90. The van der Waals surface area contributed by atoms with Gasteiger partial charge in [-0.05, 0) is 67.7 Å². The highest BCUT2D eigenvalue weighted by atomic mass is 14.9. The van der Waals surface area contributed by atoms with E-state index in [0.29, 0.717) is 12.0 Å². The molecule has 1 N–H and O–H groups in total. The average Bonchev–Trinajstić information content (AvgIpc) is 2.82. The molecule has 2 aliphatic rings. The Morgan fingerprint density at radius 3 is 2.47 bits per heavy atom. The maximum absolute atomic E-state index is 10.6. The van der Waals surface area contributed by atoms with Crippen LogP contribution in [-0.2, 0) is 11.8 Å². The summed E-state index contributed by atoms with van der Waals surface area (Å²) in [6, 6.07) is 24.6. The Labute approximate surface area is 181 Å². The summed E-state index contributed by atoms with van der Waals surface area (Å²) in [6.07, 6.45) is 14.2. The van der Waals surface area contributed by atoms with Crippen LogP contribution < -0.4 is 5.32 Å². The molecule has 0 aromatic heterocycles. The van der Waals surface area contributed by atoms with Crippen molar-refractivity contribution in [2.75, 3.05) is 6.54 Å². The molecule has 0 radical (unpaired) electrons. The van der Waals surface area contributed by atoms with Gasteiger partial charge in [0, 0.05) is 6.04 Å². The van der Waals surface area contributed by atoms with Crippen molar-refractivity contribution in [2.45, 2.75) is 56.4 Å². The van der Waals surface area contributed by atoms with Crippen LogP contribution in [0.1, 0.15) is 49.7 Å². The topological polar surface area (TPSA) is 35.8 Å². The normalized spacial score (nSPS) is 23.2. The first-order valence-corrected chi connectivity index (χ1v) is 11.4. The van der Waals surface area contributed by atoms with Crippen molar-refractivity contribution in [3.63, 3.8) is 0 Å². The molecule has 2 aliphatic carbocycles. The molecule has 1 saturated carbocycles. The van der Waals surface area contributed by atoms with E-state index in [4.69, 9.17) is 0 Å². The average molecular weight is 397 g/mol. The lowest BCUT2D eigenvalue weighted by Gasteiger charge is -2.42. The quantitative estimate of drug-likeness (QED) is 0.612. The highest BCUT2D eigenvalue weighted by Crippen LogP contribution is 2.47. The number of hydrogen-bond acceptors (Lipinski definition) is 2. The minimum absolute atomic E-state index is 0.352. The highest BCUT2D eigenvalue weighted by Gasteiger charge is 2.45. The highest BCUT2D eigenvalue weighted by molar-refractivity contribution is 5.47. The number of allylic oxidation sites excluding steroid dienone is 4. The Morgan fingerprint density at radius 1 is 1.00 bits per heavy atom. The van der Waals surface area contributed by atoms with Crippen molar-refractivity contribution in [2.24, 2.45) is 5.92 Å². The zero-order valence-electron chi connectivity index (χ0n) is 17.8. The molecular formula is C28H32N2. The van der Waals surface area contributed by atoms with Crippen LogP contribution in [0.2, 0.25) is 0 Å². The number of hydrogen-bond donors (Lipinski definition) is 1. The molecule has 2 aromatic carbocycles. The van der Waals surface area contributed by atoms with E-state index in [1.807, 2.05) is 0 Å². The standard InChI is InChI=1S/C28H32N2/c29-22-28(24-13-6-2-7-14-24,25-15-8-3-9-16-25)26-17-10-18-27(21-26)30-20-19-23-11-4-1-5-12-23/h1-8,11-15,26-27,30H,9-10,16-21H2. The third kappa shape index (κ3) is 4.42. The zero-order valence-corrected chi connectivity index (χ0v) is 17.8. The van der Waals surface area contributed by atoms with E-state index >= 15 is 0 Å². The van der Waals surface area contributed by atoms with Crippen LogP contribution in [0.3, 0.4) is 0 Å². The van der Waals surface area contributed by atoms with Crippen LogP contribution in [0.15, 0.2) is 84.5 Å². The predicted octanol–water partition coefficient (Wildman–Crippen LogP) is 6.12. The monoisotopic (exact) mass is 396 g/mol. The maximum atomic E-state index is 10.6. The van der Waals surface area contributed by atoms with Crippen molar-refractivity contribution in [3.05, 3.63) is 95.6 Å². The molecule has 3 unspecified atom stereocenters. The van der Waals surface area contributed by atoms with Crippen LogP contribution in [0, 0.1) is 17.2 Å². The van der Waals surface area contributed by atoms with Gasteiger partial charge in [-0.3, -0.25) is 0 Å². The van der Waals surface area contributed by atoms with E-state index in [1.54, 1.807) is 0 Å². The van der Waals surface area contributed by atoms with Gasteiger partial charge >= 0.3 is 0 Å². The van der Waals surface area contributed by atoms with Gasteiger partial charge in [-0.1, -0.05) is 85.3 Å². The summed E-state index contributed by atoms with van der Waals surface area (Å²) in [6.45, 7) is 0.998. The number of rotatable bonds is 7. The number of benzene rings is 2. The number of nitriles is 1. The van der Waals surface area contributed by atoms with Crippen molar-refractivity contribution < 1.29 is 0 Å². The van der Waals surface area contributed by atoms with Crippen LogP contribution in [0.4, 0.5) is 0 Å². The molecule has 0 heterocycles. The molecule has 154 valence electrons. The van der Waals surface area contributed by atoms with Crippen molar-refractivity contribution >= 4 is 0 Å². The van der Waals surface area contributed by atoms with Crippen molar-refractivity contribution in [3.8, 4) is 6.07 Å². The molecule has 3 atom stereocenters. The van der Waals surface area contributed by atoms with Crippen molar-refractivity contribution in [1.82, 2.24) is 5.32 Å². The second-order valence-corrected chi connectivity index (χ2v) is 8.69. The fourth-order valence-corrected chi connectivity index (χ4v) is 5.38. The summed E-state index contributed by atoms with van der Waals surface area (Å²) in [7, 11) is 0. The molecule has 2 heteroatoms. The van der Waals surface area contributed by atoms with Gasteiger partial charge in [-0.25, -0.2) is 0 Å². The second-order valence-electron chi connectivity index (χ2n) is 8.69. The lowest BCUT2D eigenvalue weighted by Crippen LogP contribution is -2.44. The lowest BCUT2D eigenvalue weighted by molar-refractivity contribution is 0.230. The van der Waals surface area contributed by atoms with Gasteiger partial charge < -0.3 is 5.32 Å². The summed E-state index contributed by atoms with van der Waals surface area (Å²) in [4.78, 5) is 0. The fourth-order valence-electron chi connectivity index (χ4n) is 5.38. The van der Waals surface area contributed by atoms with Crippen molar-refractivity contribution in [1.29, 1.82) is 5.26 Å². The first kappa shape index (κ1) is 20.6. The molecule has 0 aliphatic heterocycles. The van der Waals surface area contributed by atoms with Crippen LogP contribution >= 0.6 is 0 Å². The first-order chi connectivity index (χ1) is 14.8. The molecule has 30 heavy (non-hydrogen) atoms. The zero-order chi connectivity index (χ0) is 20.7. The summed E-state index contributed by atoms with van der Waals surface area (Å²) < 4.78 is 0. The molecule has 2 nitrogen and oxygen atoms in total. The minimum atomic E-state index is -0.508. The van der Waals surface area contributed by atoms with E-state index in [9.17, 15) is 5.26 Å². The molecule has 0 saturated heterocycles. The van der Waals surface area contributed by atoms with E-state index in [1.165, 1.54) is 29.5 Å². The first-order valence-electron chi connectivity index (χ1n) is 11.4. The SMILES string of the molecule is N#CC(C1=CC=CCC1)(c1ccccc1)C1CCCC(NCCc2ccccc2)C1. The molecule has 2 aromatic rings. The van der Waals surface area contributed by atoms with Crippen LogP contribution in [0.5, 0.6) is 0 Å². The Hall–Kier alpha value is -2.63. The molecule has 0 amide bonds. The Kier molecular flexibility index (Phi) is 6.82. The summed E-state index contributed by atoms with van der Waals surface area (Å²) >= 11 is 0. The Morgan fingerprint density at radius 2 is 1.77 bits per heavy atom.